The molecule has 2 aliphatic rings. The van der Waals surface area contributed by atoms with Crippen LogP contribution in [0.15, 0.2) is 0 Å². The van der Waals surface area contributed by atoms with Crippen molar-refractivity contribution >= 4 is 5.91 Å². The lowest BCUT2D eigenvalue weighted by Crippen LogP contribution is -2.44. The third kappa shape index (κ3) is 5.88. The van der Waals surface area contributed by atoms with E-state index in [1.165, 1.54) is 11.3 Å². The summed E-state index contributed by atoms with van der Waals surface area (Å²) in [6.07, 6.45) is 3.09. The van der Waals surface area contributed by atoms with E-state index in [0.717, 1.165) is 58.5 Å². The van der Waals surface area contributed by atoms with E-state index in [9.17, 15) is 4.79 Å². The van der Waals surface area contributed by atoms with Crippen molar-refractivity contribution in [2.75, 3.05) is 59.0 Å². The van der Waals surface area contributed by atoms with Crippen molar-refractivity contribution in [1.82, 2.24) is 24.5 Å². The Hall–Kier alpha value is -1.44. The number of amides is 1. The van der Waals surface area contributed by atoms with E-state index in [4.69, 9.17) is 9.84 Å². The second-order valence-corrected chi connectivity index (χ2v) is 9.31. The fraction of sp³-hybridized carbons (Fsp3) is 0.833. The number of hydrogen-bond donors (Lipinski definition) is 0. The molecule has 0 N–H and O–H groups in total. The SMILES string of the molecule is CCN(CC)CCN(CC)[C@@H]1CCc2c(c(C(=O)N3CCOCC3)nn2CC(C)C)C1. The van der Waals surface area contributed by atoms with Crippen LogP contribution >= 0.6 is 0 Å². The van der Waals surface area contributed by atoms with Crippen molar-refractivity contribution in [3.8, 4) is 0 Å². The molecule has 1 aliphatic carbocycles. The van der Waals surface area contributed by atoms with Crippen LogP contribution in [0.5, 0.6) is 0 Å². The van der Waals surface area contributed by atoms with Gasteiger partial charge in [-0.05, 0) is 44.8 Å². The first-order valence-electron chi connectivity index (χ1n) is 12.4. The van der Waals surface area contributed by atoms with Gasteiger partial charge in [-0.25, -0.2) is 0 Å². The average Bonchev–Trinajstić information content (AvgIpc) is 3.14. The Kier molecular flexibility index (Phi) is 8.93. The van der Waals surface area contributed by atoms with Crippen molar-refractivity contribution in [1.29, 1.82) is 0 Å². The molecule has 31 heavy (non-hydrogen) atoms. The molecule has 1 atom stereocenters. The van der Waals surface area contributed by atoms with Gasteiger partial charge in [0.05, 0.1) is 13.2 Å². The minimum atomic E-state index is 0.0916. The van der Waals surface area contributed by atoms with Crippen LogP contribution in [0.4, 0.5) is 0 Å². The minimum absolute atomic E-state index is 0.0916. The highest BCUT2D eigenvalue weighted by atomic mass is 16.5. The van der Waals surface area contributed by atoms with Gasteiger partial charge in [0.1, 0.15) is 0 Å². The summed E-state index contributed by atoms with van der Waals surface area (Å²) in [5.74, 6) is 0.600. The number of nitrogens with zero attached hydrogens (tertiary/aromatic N) is 5. The van der Waals surface area contributed by atoms with Crippen LogP contribution in [0.25, 0.3) is 0 Å². The Bertz CT molecular complexity index is 707. The summed E-state index contributed by atoms with van der Waals surface area (Å²) in [5, 5.41) is 4.89. The summed E-state index contributed by atoms with van der Waals surface area (Å²) in [7, 11) is 0. The Morgan fingerprint density at radius 3 is 2.45 bits per heavy atom. The Morgan fingerprint density at radius 1 is 1.13 bits per heavy atom. The molecule has 1 aliphatic heterocycles. The average molecular weight is 434 g/mol. The number of morpholine rings is 1. The van der Waals surface area contributed by atoms with Gasteiger partial charge in [-0.2, -0.15) is 5.10 Å². The van der Waals surface area contributed by atoms with E-state index in [1.807, 2.05) is 4.90 Å². The fourth-order valence-electron chi connectivity index (χ4n) is 4.97. The lowest BCUT2D eigenvalue weighted by Gasteiger charge is -2.35. The van der Waals surface area contributed by atoms with Crippen LogP contribution < -0.4 is 0 Å². The first-order chi connectivity index (χ1) is 15.0. The molecular formula is C24H43N5O2. The van der Waals surface area contributed by atoms with Gasteiger partial charge in [0.15, 0.2) is 5.69 Å². The zero-order valence-electron chi connectivity index (χ0n) is 20.4. The zero-order chi connectivity index (χ0) is 22.4. The van der Waals surface area contributed by atoms with E-state index in [0.29, 0.717) is 44.0 Å². The van der Waals surface area contributed by atoms with Gasteiger partial charge in [0, 0.05) is 50.0 Å². The van der Waals surface area contributed by atoms with Gasteiger partial charge in [-0.1, -0.05) is 34.6 Å². The van der Waals surface area contributed by atoms with Gasteiger partial charge in [0.2, 0.25) is 0 Å². The number of fused-ring (bicyclic) bond motifs is 1. The molecule has 0 aromatic carbocycles. The highest BCUT2D eigenvalue weighted by molar-refractivity contribution is 5.94. The van der Waals surface area contributed by atoms with E-state index in [2.05, 4.69) is 49.1 Å². The molecule has 2 heterocycles. The third-order valence-corrected chi connectivity index (χ3v) is 6.88. The van der Waals surface area contributed by atoms with Crippen LogP contribution in [0.1, 0.15) is 62.8 Å². The number of ether oxygens (including phenoxy) is 1. The highest BCUT2D eigenvalue weighted by Gasteiger charge is 2.33. The second kappa shape index (κ2) is 11.4. The predicted molar refractivity (Wildman–Crippen MR) is 125 cm³/mol. The van der Waals surface area contributed by atoms with E-state index < -0.39 is 0 Å². The molecule has 1 saturated heterocycles. The quantitative estimate of drug-likeness (QED) is 0.568. The maximum atomic E-state index is 13.4. The second-order valence-electron chi connectivity index (χ2n) is 9.31. The van der Waals surface area contributed by atoms with Crippen molar-refractivity contribution in [3.63, 3.8) is 0 Å². The predicted octanol–water partition coefficient (Wildman–Crippen LogP) is 2.53. The molecule has 0 bridgehead atoms. The Labute approximate surface area is 188 Å². The number of likely N-dealkylation sites (N-methyl/N-ethyl adjacent to an activating group) is 2. The Balaban J connectivity index is 1.81. The fourth-order valence-corrected chi connectivity index (χ4v) is 4.97. The minimum Gasteiger partial charge on any atom is -0.378 e. The molecule has 0 spiro atoms. The largest absolute Gasteiger partial charge is 0.378 e. The smallest absolute Gasteiger partial charge is 0.274 e. The standard InChI is InChI=1S/C24H43N5O2/c1-6-26(7-2)11-12-27(8-3)20-9-10-22-21(17-20)23(25-29(22)18-19(4)5)24(30)28-13-15-31-16-14-28/h19-20H,6-18H2,1-5H3/t20-/m1/s1. The molecule has 0 unspecified atom stereocenters. The third-order valence-electron chi connectivity index (χ3n) is 6.88. The molecule has 1 aromatic heterocycles. The number of rotatable bonds is 10. The van der Waals surface area contributed by atoms with Crippen LogP contribution in [-0.2, 0) is 24.1 Å². The molecule has 0 saturated carbocycles. The van der Waals surface area contributed by atoms with Crippen molar-refractivity contribution in [2.45, 2.75) is 66.5 Å². The summed E-state index contributed by atoms with van der Waals surface area (Å²) in [4.78, 5) is 20.4. The molecule has 0 radical (unpaired) electrons. The normalized spacial score (nSPS) is 19.5. The maximum Gasteiger partial charge on any atom is 0.274 e. The first-order valence-corrected chi connectivity index (χ1v) is 12.4. The molecule has 7 heteroatoms. The van der Waals surface area contributed by atoms with Gasteiger partial charge >= 0.3 is 0 Å². The molecule has 7 nitrogen and oxygen atoms in total. The number of hydrogen-bond acceptors (Lipinski definition) is 5. The van der Waals surface area contributed by atoms with Gasteiger partial charge in [0.25, 0.3) is 5.91 Å². The van der Waals surface area contributed by atoms with Crippen molar-refractivity contribution in [3.05, 3.63) is 17.0 Å². The summed E-state index contributed by atoms with van der Waals surface area (Å²) in [5.41, 5.74) is 3.19. The maximum absolute atomic E-state index is 13.4. The van der Waals surface area contributed by atoms with Crippen molar-refractivity contribution < 1.29 is 9.53 Å². The van der Waals surface area contributed by atoms with Crippen LogP contribution in [-0.4, -0.2) is 95.5 Å². The summed E-state index contributed by atoms with van der Waals surface area (Å²) < 4.78 is 7.59. The summed E-state index contributed by atoms with van der Waals surface area (Å²) in [6, 6.07) is 0.487. The van der Waals surface area contributed by atoms with E-state index in [-0.39, 0.29) is 5.91 Å². The number of carbonyl (C=O) groups is 1. The Morgan fingerprint density at radius 2 is 1.84 bits per heavy atom. The molecule has 1 amide bonds. The van der Waals surface area contributed by atoms with E-state index >= 15 is 0 Å². The first kappa shape index (κ1) is 24.2. The lowest BCUT2D eigenvalue weighted by molar-refractivity contribution is 0.0297. The van der Waals surface area contributed by atoms with Crippen LogP contribution in [0.2, 0.25) is 0 Å². The van der Waals surface area contributed by atoms with Crippen LogP contribution in [0, 0.1) is 5.92 Å². The van der Waals surface area contributed by atoms with Gasteiger partial charge < -0.3 is 14.5 Å². The molecule has 176 valence electrons. The number of carbonyl (C=O) groups excluding carboxylic acids is 1. The molecule has 1 aromatic rings. The van der Waals surface area contributed by atoms with Gasteiger partial charge in [-0.3, -0.25) is 14.4 Å². The topological polar surface area (TPSA) is 53.8 Å². The highest BCUT2D eigenvalue weighted by Crippen LogP contribution is 2.29. The monoisotopic (exact) mass is 433 g/mol. The number of aromatic nitrogens is 2. The molecular weight excluding hydrogens is 390 g/mol. The molecule has 1 fully saturated rings. The zero-order valence-corrected chi connectivity index (χ0v) is 20.4. The van der Waals surface area contributed by atoms with Gasteiger partial charge in [-0.15, -0.1) is 0 Å². The molecule has 3 rings (SSSR count). The summed E-state index contributed by atoms with van der Waals surface area (Å²) in [6.45, 7) is 20.1. The lowest BCUT2D eigenvalue weighted by atomic mass is 9.89. The summed E-state index contributed by atoms with van der Waals surface area (Å²) >= 11 is 0. The van der Waals surface area contributed by atoms with Crippen molar-refractivity contribution in [2.24, 2.45) is 5.92 Å². The van der Waals surface area contributed by atoms with E-state index in [1.54, 1.807) is 0 Å². The van der Waals surface area contributed by atoms with Crippen LogP contribution in [0.3, 0.4) is 0 Å².